The molecule has 1 aromatic carbocycles. The number of H-pyrrole nitrogens is 1. The van der Waals surface area contributed by atoms with Gasteiger partial charge in [-0.25, -0.2) is 4.98 Å². The normalized spacial score (nSPS) is 17.5. The molecule has 2 heterocycles. The summed E-state index contributed by atoms with van der Waals surface area (Å²) in [6.07, 6.45) is 1.84. The van der Waals surface area contributed by atoms with Gasteiger partial charge in [-0.3, -0.25) is 9.59 Å². The van der Waals surface area contributed by atoms with E-state index in [2.05, 4.69) is 9.97 Å². The maximum Gasteiger partial charge on any atom is 0.251 e. The lowest BCUT2D eigenvalue weighted by Gasteiger charge is -2.32. The summed E-state index contributed by atoms with van der Waals surface area (Å²) in [5.41, 5.74) is 1.68. The van der Waals surface area contributed by atoms with Crippen LogP contribution < -0.4 is 5.56 Å². The molecule has 0 aliphatic carbocycles. The van der Waals surface area contributed by atoms with Crippen molar-refractivity contribution in [3.05, 3.63) is 63.8 Å². The van der Waals surface area contributed by atoms with E-state index in [9.17, 15) is 9.59 Å². The Morgan fingerprint density at radius 2 is 2.16 bits per heavy atom. The molecule has 1 N–H and O–H groups in total. The summed E-state index contributed by atoms with van der Waals surface area (Å²) in [6, 6.07) is 11.3. The van der Waals surface area contributed by atoms with Crippen LogP contribution in [0.2, 0.25) is 0 Å². The molecule has 6 nitrogen and oxygen atoms in total. The van der Waals surface area contributed by atoms with Crippen molar-refractivity contribution in [2.24, 2.45) is 0 Å². The smallest absolute Gasteiger partial charge is 0.251 e. The molecule has 1 fully saturated rings. The molecule has 0 spiro atoms. The zero-order chi connectivity index (χ0) is 17.6. The maximum atomic E-state index is 12.4. The lowest BCUT2D eigenvalue weighted by molar-refractivity contribution is -0.137. The third-order valence-corrected chi connectivity index (χ3v) is 4.41. The van der Waals surface area contributed by atoms with Crippen LogP contribution in [0.25, 0.3) is 0 Å². The second kappa shape index (κ2) is 8.07. The maximum absolute atomic E-state index is 12.4. The summed E-state index contributed by atoms with van der Waals surface area (Å²) in [6.45, 7) is 3.59. The van der Waals surface area contributed by atoms with E-state index in [1.54, 1.807) is 6.92 Å². The number of carbonyl (C=O) groups is 1. The van der Waals surface area contributed by atoms with Gasteiger partial charge >= 0.3 is 0 Å². The lowest BCUT2D eigenvalue weighted by atomic mass is 9.94. The summed E-state index contributed by atoms with van der Waals surface area (Å²) >= 11 is 0. The molecule has 25 heavy (non-hydrogen) atoms. The second-order valence-electron chi connectivity index (χ2n) is 6.41. The van der Waals surface area contributed by atoms with Gasteiger partial charge in [0.15, 0.2) is 0 Å². The summed E-state index contributed by atoms with van der Waals surface area (Å²) in [5, 5.41) is 0. The first-order valence-electron chi connectivity index (χ1n) is 8.59. The van der Waals surface area contributed by atoms with Crippen LogP contribution in [0.1, 0.15) is 35.8 Å². The van der Waals surface area contributed by atoms with E-state index in [-0.39, 0.29) is 24.0 Å². The Morgan fingerprint density at radius 3 is 2.92 bits per heavy atom. The number of likely N-dealkylation sites (tertiary alicyclic amines) is 1. The largest absolute Gasteiger partial charge is 0.367 e. The van der Waals surface area contributed by atoms with E-state index < -0.39 is 0 Å². The Kier molecular flexibility index (Phi) is 5.60. The van der Waals surface area contributed by atoms with Gasteiger partial charge in [0.1, 0.15) is 12.4 Å². The fourth-order valence-electron chi connectivity index (χ4n) is 3.18. The van der Waals surface area contributed by atoms with Crippen molar-refractivity contribution in [2.45, 2.75) is 32.3 Å². The van der Waals surface area contributed by atoms with Crippen LogP contribution in [-0.4, -0.2) is 40.5 Å². The third kappa shape index (κ3) is 4.76. The van der Waals surface area contributed by atoms with Crippen molar-refractivity contribution < 1.29 is 9.53 Å². The third-order valence-electron chi connectivity index (χ3n) is 4.41. The minimum Gasteiger partial charge on any atom is -0.367 e. The number of carbonyl (C=O) groups excluding carboxylic acids is 1. The van der Waals surface area contributed by atoms with Gasteiger partial charge in [-0.05, 0) is 25.3 Å². The molecule has 1 atom stereocenters. The fraction of sp³-hybridized carbons (Fsp3) is 0.421. The second-order valence-corrected chi connectivity index (χ2v) is 6.41. The number of ether oxygens (including phenoxy) is 1. The SMILES string of the molecule is Cc1nc([C@H]2CCCN(C(=O)COCc3ccccc3)C2)cc(=O)[nH]1. The minimum atomic E-state index is -0.142. The Hall–Kier alpha value is -2.47. The van der Waals surface area contributed by atoms with Gasteiger partial charge in [0, 0.05) is 25.1 Å². The van der Waals surface area contributed by atoms with Crippen molar-refractivity contribution in [1.82, 2.24) is 14.9 Å². The van der Waals surface area contributed by atoms with Crippen LogP contribution >= 0.6 is 0 Å². The lowest BCUT2D eigenvalue weighted by Crippen LogP contribution is -2.41. The summed E-state index contributed by atoms with van der Waals surface area (Å²) in [5.74, 6) is 0.701. The number of amides is 1. The van der Waals surface area contributed by atoms with Crippen LogP contribution in [0.4, 0.5) is 0 Å². The number of aromatic nitrogens is 2. The Morgan fingerprint density at radius 1 is 1.36 bits per heavy atom. The predicted octanol–water partition coefficient (Wildman–Crippen LogP) is 2.00. The standard InChI is InChI=1S/C19H23N3O3/c1-14-20-17(10-18(23)21-14)16-8-5-9-22(11-16)19(24)13-25-12-15-6-3-2-4-7-15/h2-4,6-7,10,16H,5,8-9,11-13H2,1H3,(H,20,21,23)/t16-/m0/s1. The number of benzene rings is 1. The molecule has 0 saturated carbocycles. The van der Waals surface area contributed by atoms with Crippen molar-refractivity contribution in [2.75, 3.05) is 19.7 Å². The van der Waals surface area contributed by atoms with Gasteiger partial charge in [0.25, 0.3) is 5.56 Å². The average molecular weight is 341 g/mol. The number of nitrogens with zero attached hydrogens (tertiary/aromatic N) is 2. The first-order chi connectivity index (χ1) is 12.1. The zero-order valence-electron chi connectivity index (χ0n) is 14.4. The predicted molar refractivity (Wildman–Crippen MR) is 94.2 cm³/mol. The molecule has 0 radical (unpaired) electrons. The van der Waals surface area contributed by atoms with Crippen LogP contribution in [0, 0.1) is 6.92 Å². The summed E-state index contributed by atoms with van der Waals surface area (Å²) in [7, 11) is 0. The molecule has 1 aliphatic rings. The minimum absolute atomic E-state index is 0.0119. The van der Waals surface area contributed by atoms with Gasteiger partial charge in [0.2, 0.25) is 5.91 Å². The molecule has 2 aromatic rings. The topological polar surface area (TPSA) is 75.3 Å². The number of hydrogen-bond acceptors (Lipinski definition) is 4. The van der Waals surface area contributed by atoms with E-state index in [0.29, 0.717) is 19.0 Å². The van der Waals surface area contributed by atoms with Crippen LogP contribution in [0.15, 0.2) is 41.2 Å². The molecular formula is C19H23N3O3. The van der Waals surface area contributed by atoms with Gasteiger partial charge in [0.05, 0.1) is 12.3 Å². The van der Waals surface area contributed by atoms with E-state index in [0.717, 1.165) is 30.6 Å². The van der Waals surface area contributed by atoms with Crippen molar-refractivity contribution in [1.29, 1.82) is 0 Å². The monoisotopic (exact) mass is 341 g/mol. The molecule has 132 valence electrons. The van der Waals surface area contributed by atoms with Crippen LogP contribution in [0.5, 0.6) is 0 Å². The van der Waals surface area contributed by atoms with Crippen LogP contribution in [0.3, 0.4) is 0 Å². The Labute approximate surface area is 146 Å². The molecule has 0 unspecified atom stereocenters. The van der Waals surface area contributed by atoms with Gasteiger partial charge in [-0.15, -0.1) is 0 Å². The van der Waals surface area contributed by atoms with Crippen LogP contribution in [-0.2, 0) is 16.1 Å². The number of hydrogen-bond donors (Lipinski definition) is 1. The number of nitrogens with one attached hydrogen (secondary N) is 1. The molecule has 1 amide bonds. The molecule has 0 bridgehead atoms. The summed E-state index contributed by atoms with van der Waals surface area (Å²) < 4.78 is 5.55. The first-order valence-corrected chi connectivity index (χ1v) is 8.59. The molecule has 1 saturated heterocycles. The van der Waals surface area contributed by atoms with E-state index in [4.69, 9.17) is 4.74 Å². The highest BCUT2D eigenvalue weighted by molar-refractivity contribution is 5.77. The van der Waals surface area contributed by atoms with Gasteiger partial charge < -0.3 is 14.6 Å². The molecular weight excluding hydrogens is 318 g/mol. The summed E-state index contributed by atoms with van der Waals surface area (Å²) in [4.78, 5) is 33.0. The molecule has 1 aliphatic heterocycles. The quantitative estimate of drug-likeness (QED) is 0.902. The number of aryl methyl sites for hydroxylation is 1. The Balaban J connectivity index is 1.55. The number of piperidine rings is 1. The van der Waals surface area contributed by atoms with E-state index in [1.165, 1.54) is 6.07 Å². The fourth-order valence-corrected chi connectivity index (χ4v) is 3.18. The average Bonchev–Trinajstić information content (AvgIpc) is 2.62. The van der Waals surface area contributed by atoms with Gasteiger partial charge in [-0.2, -0.15) is 0 Å². The molecule has 6 heteroatoms. The highest BCUT2D eigenvalue weighted by Crippen LogP contribution is 2.25. The van der Waals surface area contributed by atoms with Crippen molar-refractivity contribution in [3.63, 3.8) is 0 Å². The highest BCUT2D eigenvalue weighted by Gasteiger charge is 2.26. The van der Waals surface area contributed by atoms with E-state index >= 15 is 0 Å². The Bertz CT molecular complexity index is 773. The van der Waals surface area contributed by atoms with Gasteiger partial charge in [-0.1, -0.05) is 30.3 Å². The zero-order valence-corrected chi connectivity index (χ0v) is 14.4. The number of rotatable bonds is 5. The molecule has 3 rings (SSSR count). The van der Waals surface area contributed by atoms with E-state index in [1.807, 2.05) is 35.2 Å². The first kappa shape index (κ1) is 17.4. The van der Waals surface area contributed by atoms with Crippen molar-refractivity contribution in [3.8, 4) is 0 Å². The van der Waals surface area contributed by atoms with Crippen molar-refractivity contribution >= 4 is 5.91 Å². The molecule has 1 aromatic heterocycles. The highest BCUT2D eigenvalue weighted by atomic mass is 16.5. The number of aromatic amines is 1.